The second kappa shape index (κ2) is 5.18. The van der Waals surface area contributed by atoms with Crippen molar-refractivity contribution in [3.05, 3.63) is 53.6 Å². The van der Waals surface area contributed by atoms with Gasteiger partial charge in [-0.05, 0) is 42.8 Å². The smallest absolute Gasteiger partial charge is 0.258 e. The first kappa shape index (κ1) is 13.6. The van der Waals surface area contributed by atoms with Crippen molar-refractivity contribution in [3.8, 4) is 0 Å². The number of thiazole rings is 1. The number of nitrogens with zero attached hydrogens (tertiary/aromatic N) is 2. The molecule has 0 spiro atoms. The Morgan fingerprint density at radius 2 is 2.05 bits per heavy atom. The van der Waals surface area contributed by atoms with Crippen LogP contribution < -0.4 is 10.6 Å². The molecule has 106 valence electrons. The minimum absolute atomic E-state index is 0.0468. The summed E-state index contributed by atoms with van der Waals surface area (Å²) in [5.41, 5.74) is 9.16. The van der Waals surface area contributed by atoms with E-state index in [1.54, 1.807) is 18.0 Å². The van der Waals surface area contributed by atoms with Crippen LogP contribution in [0.25, 0.3) is 10.2 Å². The van der Waals surface area contributed by atoms with Crippen LogP contribution >= 0.6 is 11.3 Å². The van der Waals surface area contributed by atoms with Gasteiger partial charge in [-0.25, -0.2) is 4.98 Å². The van der Waals surface area contributed by atoms with E-state index in [1.807, 2.05) is 43.3 Å². The number of aryl methyl sites for hydroxylation is 1. The van der Waals surface area contributed by atoms with Crippen molar-refractivity contribution in [2.24, 2.45) is 0 Å². The van der Waals surface area contributed by atoms with Gasteiger partial charge in [-0.15, -0.1) is 0 Å². The van der Waals surface area contributed by atoms with E-state index in [4.69, 9.17) is 5.73 Å². The van der Waals surface area contributed by atoms with E-state index in [0.717, 1.165) is 21.5 Å². The second-order valence-electron chi connectivity index (χ2n) is 4.94. The lowest BCUT2D eigenvalue weighted by atomic mass is 10.1. The Bertz CT molecular complexity index is 825. The summed E-state index contributed by atoms with van der Waals surface area (Å²) >= 11 is 1.39. The Kier molecular flexibility index (Phi) is 3.35. The summed E-state index contributed by atoms with van der Waals surface area (Å²) in [6.45, 7) is 2.01. The molecule has 5 heteroatoms. The molecule has 0 atom stereocenters. The first-order valence-electron chi connectivity index (χ1n) is 6.55. The summed E-state index contributed by atoms with van der Waals surface area (Å²) in [6.07, 6.45) is 0. The molecule has 0 aliphatic heterocycles. The van der Waals surface area contributed by atoms with E-state index in [-0.39, 0.29) is 5.91 Å². The van der Waals surface area contributed by atoms with Gasteiger partial charge in [0.25, 0.3) is 5.91 Å². The van der Waals surface area contributed by atoms with E-state index in [2.05, 4.69) is 4.98 Å². The number of fused-ring (bicyclic) bond motifs is 1. The number of benzene rings is 2. The molecule has 3 aromatic rings. The highest BCUT2D eigenvalue weighted by atomic mass is 32.1. The summed E-state index contributed by atoms with van der Waals surface area (Å²) < 4.78 is 0.927. The van der Waals surface area contributed by atoms with Gasteiger partial charge >= 0.3 is 0 Å². The molecule has 2 N–H and O–H groups in total. The summed E-state index contributed by atoms with van der Waals surface area (Å²) in [7, 11) is 1.78. The average Bonchev–Trinajstić information content (AvgIpc) is 2.84. The fourth-order valence-corrected chi connectivity index (χ4v) is 3.00. The zero-order valence-corrected chi connectivity index (χ0v) is 12.6. The monoisotopic (exact) mass is 297 g/mol. The average molecular weight is 297 g/mol. The molecule has 0 bridgehead atoms. The van der Waals surface area contributed by atoms with Crippen molar-refractivity contribution in [2.45, 2.75) is 6.92 Å². The Balaban J connectivity index is 1.95. The van der Waals surface area contributed by atoms with E-state index < -0.39 is 0 Å². The third kappa shape index (κ3) is 2.60. The number of nitrogens with two attached hydrogens (primary N) is 1. The summed E-state index contributed by atoms with van der Waals surface area (Å²) in [6, 6.07) is 13.3. The summed E-state index contributed by atoms with van der Waals surface area (Å²) in [5, 5.41) is 0.515. The molecule has 1 heterocycles. The molecule has 0 saturated heterocycles. The van der Waals surface area contributed by atoms with Crippen LogP contribution in [0, 0.1) is 6.92 Å². The fraction of sp³-hybridized carbons (Fsp3) is 0.125. The highest BCUT2D eigenvalue weighted by Gasteiger charge is 2.14. The van der Waals surface area contributed by atoms with Crippen molar-refractivity contribution in [1.82, 2.24) is 4.98 Å². The first-order chi connectivity index (χ1) is 10.0. The van der Waals surface area contributed by atoms with E-state index in [9.17, 15) is 4.79 Å². The quantitative estimate of drug-likeness (QED) is 0.788. The molecular formula is C16H15N3OS. The molecule has 21 heavy (non-hydrogen) atoms. The zero-order valence-electron chi connectivity index (χ0n) is 11.8. The van der Waals surface area contributed by atoms with Gasteiger partial charge in [0.05, 0.1) is 10.2 Å². The highest BCUT2D eigenvalue weighted by Crippen LogP contribution is 2.25. The first-order valence-corrected chi connectivity index (χ1v) is 7.37. The number of nitrogen functional groups attached to an aromatic ring is 1. The van der Waals surface area contributed by atoms with Gasteiger partial charge in [0, 0.05) is 18.3 Å². The number of hydrogen-bond donors (Lipinski definition) is 1. The maximum absolute atomic E-state index is 12.6. The number of rotatable bonds is 2. The van der Waals surface area contributed by atoms with Gasteiger partial charge in [-0.2, -0.15) is 0 Å². The fourth-order valence-electron chi connectivity index (χ4n) is 2.22. The Morgan fingerprint density at radius 1 is 1.24 bits per heavy atom. The second-order valence-corrected chi connectivity index (χ2v) is 6.00. The van der Waals surface area contributed by atoms with Crippen molar-refractivity contribution < 1.29 is 4.79 Å². The van der Waals surface area contributed by atoms with E-state index in [0.29, 0.717) is 10.7 Å². The minimum atomic E-state index is -0.0468. The minimum Gasteiger partial charge on any atom is -0.375 e. The van der Waals surface area contributed by atoms with E-state index in [1.165, 1.54) is 11.3 Å². The molecule has 0 radical (unpaired) electrons. The highest BCUT2D eigenvalue weighted by molar-refractivity contribution is 7.22. The van der Waals surface area contributed by atoms with Crippen LogP contribution in [0.4, 0.5) is 10.8 Å². The third-order valence-electron chi connectivity index (χ3n) is 3.35. The van der Waals surface area contributed by atoms with Crippen LogP contribution in [0.3, 0.4) is 0 Å². The number of aromatic nitrogens is 1. The lowest BCUT2D eigenvalue weighted by Crippen LogP contribution is -2.26. The molecule has 0 aliphatic carbocycles. The zero-order chi connectivity index (χ0) is 15.0. The van der Waals surface area contributed by atoms with Gasteiger partial charge in [0.15, 0.2) is 5.13 Å². The van der Waals surface area contributed by atoms with Crippen LogP contribution in [0.15, 0.2) is 42.5 Å². The molecule has 1 amide bonds. The molecule has 0 aliphatic rings. The van der Waals surface area contributed by atoms with Gasteiger partial charge in [-0.3, -0.25) is 4.79 Å². The number of anilines is 2. The summed E-state index contributed by atoms with van der Waals surface area (Å²) in [5.74, 6) is -0.0468. The molecule has 0 unspecified atom stereocenters. The van der Waals surface area contributed by atoms with Crippen LogP contribution in [0.2, 0.25) is 0 Å². The maximum atomic E-state index is 12.6. The molecule has 0 saturated carbocycles. The number of carbonyl (C=O) groups is 1. The SMILES string of the molecule is Cc1cccc(N(C)C(=O)c2ccc3nc(N)sc3c2)c1. The van der Waals surface area contributed by atoms with Gasteiger partial charge < -0.3 is 10.6 Å². The molecule has 2 aromatic carbocycles. The lowest BCUT2D eigenvalue weighted by molar-refractivity contribution is 0.0993. The molecule has 3 rings (SSSR count). The maximum Gasteiger partial charge on any atom is 0.258 e. The number of carbonyl (C=O) groups excluding carboxylic acids is 1. The third-order valence-corrected chi connectivity index (χ3v) is 4.19. The molecule has 0 fully saturated rings. The topological polar surface area (TPSA) is 59.2 Å². The standard InChI is InChI=1S/C16H15N3OS/c1-10-4-3-5-12(8-10)19(2)15(20)11-6-7-13-14(9-11)21-16(17)18-13/h3-9H,1-2H3,(H2,17,18). The number of amides is 1. The largest absolute Gasteiger partial charge is 0.375 e. The predicted octanol–water partition coefficient (Wildman–Crippen LogP) is 3.46. The van der Waals surface area contributed by atoms with Crippen molar-refractivity contribution in [2.75, 3.05) is 17.7 Å². The van der Waals surface area contributed by atoms with Crippen LogP contribution in [0.1, 0.15) is 15.9 Å². The van der Waals surface area contributed by atoms with Gasteiger partial charge in [-0.1, -0.05) is 23.5 Å². The normalized spacial score (nSPS) is 10.8. The Morgan fingerprint density at radius 3 is 2.81 bits per heavy atom. The molecule has 4 nitrogen and oxygen atoms in total. The van der Waals surface area contributed by atoms with Gasteiger partial charge in [0.1, 0.15) is 0 Å². The number of hydrogen-bond acceptors (Lipinski definition) is 4. The van der Waals surface area contributed by atoms with Crippen LogP contribution in [-0.4, -0.2) is 17.9 Å². The van der Waals surface area contributed by atoms with Crippen molar-refractivity contribution >= 4 is 38.3 Å². The van der Waals surface area contributed by atoms with Crippen LogP contribution in [0.5, 0.6) is 0 Å². The lowest BCUT2D eigenvalue weighted by Gasteiger charge is -2.17. The van der Waals surface area contributed by atoms with Crippen molar-refractivity contribution in [1.29, 1.82) is 0 Å². The van der Waals surface area contributed by atoms with E-state index >= 15 is 0 Å². The Hall–Kier alpha value is -2.40. The Labute approximate surface area is 126 Å². The van der Waals surface area contributed by atoms with Gasteiger partial charge in [0.2, 0.25) is 0 Å². The summed E-state index contributed by atoms with van der Waals surface area (Å²) in [4.78, 5) is 18.4. The molecular weight excluding hydrogens is 282 g/mol. The molecule has 1 aromatic heterocycles. The van der Waals surface area contributed by atoms with Crippen molar-refractivity contribution in [3.63, 3.8) is 0 Å². The van der Waals surface area contributed by atoms with Crippen LogP contribution in [-0.2, 0) is 0 Å². The predicted molar refractivity (Wildman–Crippen MR) is 87.9 cm³/mol.